The van der Waals surface area contributed by atoms with Gasteiger partial charge in [0.2, 0.25) is 0 Å². The quantitative estimate of drug-likeness (QED) is 0.386. The number of nitro groups is 1. The smallest absolute Gasteiger partial charge is 0.280 e. The summed E-state index contributed by atoms with van der Waals surface area (Å²) in [6, 6.07) is 15.2. The zero-order valence-corrected chi connectivity index (χ0v) is 15.2. The van der Waals surface area contributed by atoms with Gasteiger partial charge in [-0.2, -0.15) is 5.10 Å². The Balaban J connectivity index is 1.74. The van der Waals surface area contributed by atoms with Gasteiger partial charge in [0, 0.05) is 23.4 Å². The van der Waals surface area contributed by atoms with E-state index in [1.807, 2.05) is 0 Å². The van der Waals surface area contributed by atoms with Gasteiger partial charge in [-0.25, -0.2) is 18.3 Å². The van der Waals surface area contributed by atoms with Crippen LogP contribution in [0.5, 0.6) is 0 Å². The standard InChI is InChI=1S/C20H13F2N5O3/c21-18(22)17-10-16(12-4-2-1-3-5-12)25-19-15(11-23-26(17)19)20(28)24-13-6-8-14(9-7-13)27(29)30/h1-11,18H,(H,24,28). The third-order valence-electron chi connectivity index (χ3n) is 4.37. The molecule has 0 saturated heterocycles. The Morgan fingerprint density at radius 2 is 1.80 bits per heavy atom. The van der Waals surface area contributed by atoms with E-state index < -0.39 is 22.9 Å². The molecule has 2 aromatic heterocycles. The van der Waals surface area contributed by atoms with E-state index in [0.717, 1.165) is 10.7 Å². The normalized spacial score (nSPS) is 11.0. The first-order valence-electron chi connectivity index (χ1n) is 8.72. The second kappa shape index (κ2) is 7.66. The minimum atomic E-state index is -2.83. The molecule has 4 rings (SSSR count). The number of rotatable bonds is 5. The number of hydrogen-bond donors (Lipinski definition) is 1. The number of nitro benzene ring substituents is 1. The maximum absolute atomic E-state index is 13.6. The number of aromatic nitrogens is 3. The molecule has 0 unspecified atom stereocenters. The lowest BCUT2D eigenvalue weighted by Gasteiger charge is -2.09. The highest BCUT2D eigenvalue weighted by molar-refractivity contribution is 6.08. The van der Waals surface area contributed by atoms with Gasteiger partial charge in [0.25, 0.3) is 18.0 Å². The highest BCUT2D eigenvalue weighted by Crippen LogP contribution is 2.27. The number of benzene rings is 2. The van der Waals surface area contributed by atoms with Gasteiger partial charge in [0.05, 0.1) is 16.8 Å². The molecule has 0 radical (unpaired) electrons. The van der Waals surface area contributed by atoms with E-state index in [2.05, 4.69) is 15.4 Å². The van der Waals surface area contributed by atoms with Gasteiger partial charge in [-0.15, -0.1) is 0 Å². The van der Waals surface area contributed by atoms with Crippen molar-refractivity contribution in [1.29, 1.82) is 0 Å². The van der Waals surface area contributed by atoms with Crippen LogP contribution >= 0.6 is 0 Å². The van der Waals surface area contributed by atoms with Crippen molar-refractivity contribution in [2.75, 3.05) is 5.32 Å². The first kappa shape index (κ1) is 19.1. The summed E-state index contributed by atoms with van der Waals surface area (Å²) in [5.74, 6) is -0.628. The maximum Gasteiger partial charge on any atom is 0.280 e. The van der Waals surface area contributed by atoms with Gasteiger partial charge in [0.15, 0.2) is 5.65 Å². The number of nitrogens with one attached hydrogen (secondary N) is 1. The Morgan fingerprint density at radius 3 is 2.43 bits per heavy atom. The number of carbonyl (C=O) groups excluding carboxylic acids is 1. The summed E-state index contributed by atoms with van der Waals surface area (Å²) >= 11 is 0. The molecule has 8 nitrogen and oxygen atoms in total. The lowest BCUT2D eigenvalue weighted by atomic mass is 10.1. The minimum absolute atomic E-state index is 0.00645. The molecule has 1 N–H and O–H groups in total. The van der Waals surface area contributed by atoms with Crippen LogP contribution in [0, 0.1) is 10.1 Å². The fourth-order valence-corrected chi connectivity index (χ4v) is 2.92. The Labute approximate surface area is 167 Å². The molecule has 0 saturated carbocycles. The van der Waals surface area contributed by atoms with Crippen LogP contribution in [0.25, 0.3) is 16.9 Å². The predicted octanol–water partition coefficient (Wildman–Crippen LogP) is 4.49. The molecule has 0 aliphatic carbocycles. The number of carbonyl (C=O) groups is 1. The third kappa shape index (κ3) is 3.58. The molecule has 10 heteroatoms. The number of fused-ring (bicyclic) bond motifs is 1. The topological polar surface area (TPSA) is 102 Å². The van der Waals surface area contributed by atoms with E-state index in [4.69, 9.17) is 0 Å². The zero-order chi connectivity index (χ0) is 21.3. The van der Waals surface area contributed by atoms with E-state index in [-0.39, 0.29) is 22.6 Å². The van der Waals surface area contributed by atoms with Crippen molar-refractivity contribution in [2.45, 2.75) is 6.43 Å². The summed E-state index contributed by atoms with van der Waals surface area (Å²) in [5, 5.41) is 17.2. The third-order valence-corrected chi connectivity index (χ3v) is 4.37. The summed E-state index contributed by atoms with van der Waals surface area (Å²) in [6.45, 7) is 0. The molecule has 0 bridgehead atoms. The van der Waals surface area contributed by atoms with E-state index in [1.54, 1.807) is 30.3 Å². The van der Waals surface area contributed by atoms with E-state index in [1.165, 1.54) is 30.3 Å². The van der Waals surface area contributed by atoms with Crippen LogP contribution < -0.4 is 5.32 Å². The molecule has 30 heavy (non-hydrogen) atoms. The van der Waals surface area contributed by atoms with Gasteiger partial charge in [0.1, 0.15) is 11.3 Å². The second-order valence-electron chi connectivity index (χ2n) is 6.28. The molecule has 1 amide bonds. The highest BCUT2D eigenvalue weighted by Gasteiger charge is 2.21. The lowest BCUT2D eigenvalue weighted by Crippen LogP contribution is -2.12. The van der Waals surface area contributed by atoms with Crippen molar-refractivity contribution >= 4 is 22.9 Å². The van der Waals surface area contributed by atoms with Gasteiger partial charge in [-0.3, -0.25) is 14.9 Å². The average Bonchev–Trinajstić information content (AvgIpc) is 3.18. The molecule has 2 aromatic carbocycles. The zero-order valence-electron chi connectivity index (χ0n) is 15.2. The van der Waals surface area contributed by atoms with Crippen LogP contribution in [0.1, 0.15) is 22.5 Å². The van der Waals surface area contributed by atoms with Crippen LogP contribution in [0.3, 0.4) is 0 Å². The van der Waals surface area contributed by atoms with Crippen molar-refractivity contribution in [3.8, 4) is 11.3 Å². The molecular formula is C20H13F2N5O3. The minimum Gasteiger partial charge on any atom is -0.322 e. The molecule has 2 heterocycles. The molecule has 0 atom stereocenters. The second-order valence-corrected chi connectivity index (χ2v) is 6.28. The number of halogens is 2. The largest absolute Gasteiger partial charge is 0.322 e. The van der Waals surface area contributed by atoms with Crippen molar-refractivity contribution in [1.82, 2.24) is 14.6 Å². The molecule has 0 aliphatic heterocycles. The Morgan fingerprint density at radius 1 is 1.10 bits per heavy atom. The van der Waals surface area contributed by atoms with Crippen LogP contribution in [0.15, 0.2) is 66.9 Å². The van der Waals surface area contributed by atoms with Crippen molar-refractivity contribution < 1.29 is 18.5 Å². The summed E-state index contributed by atoms with van der Waals surface area (Å²) in [6.07, 6.45) is -1.67. The molecule has 4 aromatic rings. The average molecular weight is 409 g/mol. The molecule has 0 fully saturated rings. The highest BCUT2D eigenvalue weighted by atomic mass is 19.3. The van der Waals surface area contributed by atoms with Crippen LogP contribution in [-0.4, -0.2) is 25.4 Å². The summed E-state index contributed by atoms with van der Waals surface area (Å²) in [7, 11) is 0. The van der Waals surface area contributed by atoms with Crippen molar-refractivity contribution in [3.63, 3.8) is 0 Å². The number of amides is 1. The monoisotopic (exact) mass is 409 g/mol. The molecule has 0 aliphatic rings. The Bertz CT molecular complexity index is 1240. The van der Waals surface area contributed by atoms with Gasteiger partial charge < -0.3 is 5.32 Å². The number of nitrogens with zero attached hydrogens (tertiary/aromatic N) is 4. The van der Waals surface area contributed by atoms with E-state index in [9.17, 15) is 23.7 Å². The SMILES string of the molecule is O=C(Nc1ccc([N+](=O)[O-])cc1)c1cnn2c(C(F)F)cc(-c3ccccc3)nc12. The number of anilines is 1. The number of alkyl halides is 2. The van der Waals surface area contributed by atoms with Gasteiger partial charge >= 0.3 is 0 Å². The van der Waals surface area contributed by atoms with Crippen molar-refractivity contribution in [3.05, 3.63) is 88.2 Å². The lowest BCUT2D eigenvalue weighted by molar-refractivity contribution is -0.384. The first-order valence-corrected chi connectivity index (χ1v) is 8.72. The van der Waals surface area contributed by atoms with Gasteiger partial charge in [-0.1, -0.05) is 30.3 Å². The first-order chi connectivity index (χ1) is 14.4. The fraction of sp³-hybridized carbons (Fsp3) is 0.0500. The van der Waals surface area contributed by atoms with Gasteiger partial charge in [-0.05, 0) is 18.2 Å². The Hall–Kier alpha value is -4.21. The van der Waals surface area contributed by atoms with Crippen LogP contribution in [0.2, 0.25) is 0 Å². The van der Waals surface area contributed by atoms with E-state index in [0.29, 0.717) is 11.3 Å². The van der Waals surface area contributed by atoms with E-state index >= 15 is 0 Å². The fourth-order valence-electron chi connectivity index (χ4n) is 2.92. The predicted molar refractivity (Wildman–Crippen MR) is 104 cm³/mol. The van der Waals surface area contributed by atoms with Crippen LogP contribution in [0.4, 0.5) is 20.2 Å². The van der Waals surface area contributed by atoms with Crippen LogP contribution in [-0.2, 0) is 0 Å². The number of hydrogen-bond acceptors (Lipinski definition) is 5. The summed E-state index contributed by atoms with van der Waals surface area (Å²) < 4.78 is 28.1. The maximum atomic E-state index is 13.6. The summed E-state index contributed by atoms with van der Waals surface area (Å²) in [4.78, 5) is 27.3. The number of non-ortho nitro benzene ring substituents is 1. The molecule has 150 valence electrons. The Kier molecular flexibility index (Phi) is 4.88. The molecular weight excluding hydrogens is 396 g/mol. The van der Waals surface area contributed by atoms with Crippen molar-refractivity contribution in [2.24, 2.45) is 0 Å². The molecule has 0 spiro atoms. The summed E-state index contributed by atoms with van der Waals surface area (Å²) in [5.41, 5.74) is 0.651.